The third-order valence-electron chi connectivity index (χ3n) is 1.50. The maximum absolute atomic E-state index is 10.7. The van der Waals surface area contributed by atoms with Crippen LogP contribution in [0.2, 0.25) is 0 Å². The number of amides is 1. The minimum absolute atomic E-state index is 0.0791. The van der Waals surface area contributed by atoms with E-state index in [0.717, 1.165) is 11.3 Å². The molecule has 0 unspecified atom stereocenters. The monoisotopic (exact) mass is 207 g/mol. The van der Waals surface area contributed by atoms with Crippen LogP contribution in [0.3, 0.4) is 0 Å². The summed E-state index contributed by atoms with van der Waals surface area (Å²) >= 11 is 5.42. The number of nitrogens with one attached hydrogen (secondary N) is 1. The topological polar surface area (TPSA) is 29.1 Å². The minimum atomic E-state index is -0.0791. The molecule has 0 saturated heterocycles. The molecular formula is C11H10ClNO. The summed E-state index contributed by atoms with van der Waals surface area (Å²) in [7, 11) is 0. The molecule has 0 spiro atoms. The van der Waals surface area contributed by atoms with Gasteiger partial charge in [-0.1, -0.05) is 11.8 Å². The average Bonchev–Trinajstić information content (AvgIpc) is 2.16. The fraction of sp³-hybridized carbons (Fsp3) is 0.182. The first-order chi connectivity index (χ1) is 6.72. The van der Waals surface area contributed by atoms with Crippen LogP contribution in [0.4, 0.5) is 5.69 Å². The number of benzene rings is 1. The zero-order chi connectivity index (χ0) is 10.4. The van der Waals surface area contributed by atoms with Crippen LogP contribution in [-0.2, 0) is 4.79 Å². The number of anilines is 1. The third-order valence-corrected chi connectivity index (χ3v) is 1.64. The predicted molar refractivity (Wildman–Crippen MR) is 58.3 cm³/mol. The Hall–Kier alpha value is -1.46. The maximum atomic E-state index is 10.7. The summed E-state index contributed by atoms with van der Waals surface area (Å²) in [6.45, 7) is 1.47. The summed E-state index contributed by atoms with van der Waals surface area (Å²) < 4.78 is 0. The van der Waals surface area contributed by atoms with E-state index in [2.05, 4.69) is 17.2 Å². The van der Waals surface area contributed by atoms with E-state index in [9.17, 15) is 4.79 Å². The lowest BCUT2D eigenvalue weighted by molar-refractivity contribution is -0.114. The summed E-state index contributed by atoms with van der Waals surface area (Å²) in [5.41, 5.74) is 1.66. The molecule has 0 atom stereocenters. The molecule has 1 aromatic carbocycles. The van der Waals surface area contributed by atoms with Gasteiger partial charge < -0.3 is 5.32 Å². The van der Waals surface area contributed by atoms with Gasteiger partial charge in [0.05, 0.1) is 5.88 Å². The third kappa shape index (κ3) is 3.51. The Balaban J connectivity index is 2.73. The SMILES string of the molecule is CC(=O)Nc1ccc(C#CCCl)cc1. The molecule has 0 heterocycles. The number of rotatable bonds is 1. The molecule has 0 radical (unpaired) electrons. The summed E-state index contributed by atoms with van der Waals surface area (Å²) in [6.07, 6.45) is 0. The molecule has 2 nitrogen and oxygen atoms in total. The maximum Gasteiger partial charge on any atom is 0.221 e. The van der Waals surface area contributed by atoms with Crippen molar-refractivity contribution in [2.45, 2.75) is 6.92 Å². The highest BCUT2D eigenvalue weighted by Gasteiger charge is 1.93. The summed E-state index contributed by atoms with van der Waals surface area (Å²) in [4.78, 5) is 10.7. The molecule has 0 aliphatic heterocycles. The van der Waals surface area contributed by atoms with Crippen molar-refractivity contribution in [1.82, 2.24) is 0 Å². The Morgan fingerprint density at radius 3 is 2.57 bits per heavy atom. The molecular weight excluding hydrogens is 198 g/mol. The highest BCUT2D eigenvalue weighted by Crippen LogP contribution is 2.08. The van der Waals surface area contributed by atoms with Gasteiger partial charge in [0.2, 0.25) is 5.91 Å². The van der Waals surface area contributed by atoms with Gasteiger partial charge in [-0.15, -0.1) is 11.6 Å². The summed E-state index contributed by atoms with van der Waals surface area (Å²) in [6, 6.07) is 7.29. The van der Waals surface area contributed by atoms with Crippen LogP contribution in [0.1, 0.15) is 12.5 Å². The van der Waals surface area contributed by atoms with Crippen molar-refractivity contribution in [3.8, 4) is 11.8 Å². The molecule has 0 aliphatic carbocycles. The first kappa shape index (κ1) is 10.6. The standard InChI is InChI=1S/C11H10ClNO/c1-9(14)13-11-6-4-10(5-7-11)3-2-8-12/h4-7H,8H2,1H3,(H,13,14). The fourth-order valence-electron chi connectivity index (χ4n) is 0.976. The Labute approximate surface area is 88.3 Å². The van der Waals surface area contributed by atoms with E-state index in [1.165, 1.54) is 6.92 Å². The molecule has 0 bridgehead atoms. The smallest absolute Gasteiger partial charge is 0.221 e. The van der Waals surface area contributed by atoms with Crippen LogP contribution >= 0.6 is 11.6 Å². The molecule has 0 aliphatic rings. The second kappa shape index (κ2) is 5.31. The molecule has 14 heavy (non-hydrogen) atoms. The molecule has 1 amide bonds. The van der Waals surface area contributed by atoms with Gasteiger partial charge in [0.25, 0.3) is 0 Å². The number of halogens is 1. The Morgan fingerprint density at radius 2 is 2.07 bits per heavy atom. The van der Waals surface area contributed by atoms with Gasteiger partial charge in [-0.2, -0.15) is 0 Å². The van der Waals surface area contributed by atoms with E-state index in [1.807, 2.05) is 12.1 Å². The minimum Gasteiger partial charge on any atom is -0.326 e. The van der Waals surface area contributed by atoms with E-state index in [0.29, 0.717) is 5.88 Å². The fourth-order valence-corrected chi connectivity index (χ4v) is 1.04. The first-order valence-corrected chi connectivity index (χ1v) is 4.68. The van der Waals surface area contributed by atoms with Crippen molar-refractivity contribution in [3.05, 3.63) is 29.8 Å². The van der Waals surface area contributed by atoms with Crippen molar-refractivity contribution < 1.29 is 4.79 Å². The second-order valence-corrected chi connectivity index (χ2v) is 2.96. The highest BCUT2D eigenvalue weighted by atomic mass is 35.5. The zero-order valence-corrected chi connectivity index (χ0v) is 8.56. The lowest BCUT2D eigenvalue weighted by Gasteiger charge is -2.00. The Morgan fingerprint density at radius 1 is 1.43 bits per heavy atom. The van der Waals surface area contributed by atoms with Gasteiger partial charge in [0.1, 0.15) is 0 Å². The second-order valence-electron chi connectivity index (χ2n) is 2.69. The molecule has 3 heteroatoms. The summed E-state index contributed by atoms with van der Waals surface area (Å²) in [5, 5.41) is 2.67. The van der Waals surface area contributed by atoms with Crippen LogP contribution in [0, 0.1) is 11.8 Å². The molecule has 1 rings (SSSR count). The summed E-state index contributed by atoms with van der Waals surface area (Å²) in [5.74, 6) is 5.88. The van der Waals surface area contributed by atoms with Gasteiger partial charge in [-0.25, -0.2) is 0 Å². The van der Waals surface area contributed by atoms with Crippen LogP contribution in [-0.4, -0.2) is 11.8 Å². The van der Waals surface area contributed by atoms with Crippen LogP contribution in [0.15, 0.2) is 24.3 Å². The van der Waals surface area contributed by atoms with Crippen molar-refractivity contribution in [1.29, 1.82) is 0 Å². The van der Waals surface area contributed by atoms with Gasteiger partial charge in [-0.3, -0.25) is 4.79 Å². The molecule has 0 saturated carbocycles. The first-order valence-electron chi connectivity index (χ1n) is 4.15. The van der Waals surface area contributed by atoms with E-state index < -0.39 is 0 Å². The number of hydrogen-bond donors (Lipinski definition) is 1. The average molecular weight is 208 g/mol. The van der Waals surface area contributed by atoms with Gasteiger partial charge in [-0.05, 0) is 24.3 Å². The number of alkyl halides is 1. The lowest BCUT2D eigenvalue weighted by Crippen LogP contribution is -2.05. The van der Waals surface area contributed by atoms with Crippen molar-refractivity contribution >= 4 is 23.2 Å². The molecule has 72 valence electrons. The molecule has 0 fully saturated rings. The molecule has 1 N–H and O–H groups in total. The van der Waals surface area contributed by atoms with Crippen LogP contribution in [0.25, 0.3) is 0 Å². The van der Waals surface area contributed by atoms with E-state index in [1.54, 1.807) is 12.1 Å². The lowest BCUT2D eigenvalue weighted by atomic mass is 10.2. The number of carbonyl (C=O) groups excluding carboxylic acids is 1. The number of carbonyl (C=O) groups is 1. The Kier molecular flexibility index (Phi) is 4.03. The predicted octanol–water partition coefficient (Wildman–Crippen LogP) is 2.24. The van der Waals surface area contributed by atoms with E-state index in [4.69, 9.17) is 11.6 Å². The van der Waals surface area contributed by atoms with Crippen molar-refractivity contribution in [3.63, 3.8) is 0 Å². The molecule has 1 aromatic rings. The van der Waals surface area contributed by atoms with Gasteiger partial charge in [0, 0.05) is 18.2 Å². The highest BCUT2D eigenvalue weighted by molar-refractivity contribution is 6.19. The van der Waals surface area contributed by atoms with Gasteiger partial charge in [0.15, 0.2) is 0 Å². The van der Waals surface area contributed by atoms with Crippen molar-refractivity contribution in [2.24, 2.45) is 0 Å². The largest absolute Gasteiger partial charge is 0.326 e. The quantitative estimate of drug-likeness (QED) is 0.556. The van der Waals surface area contributed by atoms with Crippen LogP contribution < -0.4 is 5.32 Å². The van der Waals surface area contributed by atoms with E-state index >= 15 is 0 Å². The normalized spacial score (nSPS) is 8.71. The molecule has 0 aromatic heterocycles. The van der Waals surface area contributed by atoms with Gasteiger partial charge >= 0.3 is 0 Å². The van der Waals surface area contributed by atoms with E-state index in [-0.39, 0.29) is 5.91 Å². The van der Waals surface area contributed by atoms with Crippen molar-refractivity contribution in [2.75, 3.05) is 11.2 Å². The Bertz CT molecular complexity index is 373. The number of hydrogen-bond acceptors (Lipinski definition) is 1. The van der Waals surface area contributed by atoms with Crippen LogP contribution in [0.5, 0.6) is 0 Å². The zero-order valence-electron chi connectivity index (χ0n) is 7.80.